The van der Waals surface area contributed by atoms with Crippen molar-refractivity contribution in [3.05, 3.63) is 35.4 Å². The van der Waals surface area contributed by atoms with Crippen molar-refractivity contribution in [1.82, 2.24) is 0 Å². The lowest BCUT2D eigenvalue weighted by molar-refractivity contribution is -0.123. The maximum Gasteiger partial charge on any atom is 0.140 e. The third kappa shape index (κ3) is 3.94. The van der Waals surface area contributed by atoms with E-state index < -0.39 is 0 Å². The van der Waals surface area contributed by atoms with Crippen LogP contribution in [0.4, 0.5) is 0 Å². The number of hydrogen-bond acceptors (Lipinski definition) is 1. The van der Waals surface area contributed by atoms with E-state index in [1.807, 2.05) is 0 Å². The van der Waals surface area contributed by atoms with Crippen molar-refractivity contribution in [2.24, 2.45) is 17.8 Å². The van der Waals surface area contributed by atoms with Crippen LogP contribution in [0.1, 0.15) is 57.6 Å². The molecule has 1 nitrogen and oxygen atoms in total. The standard InChI is InChI=1S/C19H28O/c1-4-15-5-7-16(8-6-15)13-19(20)18-11-9-17(10-12-18)14(2)3/h5-8,14,17-18H,4,9-13H2,1-3H3. The van der Waals surface area contributed by atoms with E-state index in [4.69, 9.17) is 0 Å². The number of ketones is 1. The highest BCUT2D eigenvalue weighted by molar-refractivity contribution is 5.83. The van der Waals surface area contributed by atoms with Crippen molar-refractivity contribution in [3.8, 4) is 0 Å². The van der Waals surface area contributed by atoms with Gasteiger partial charge in [0, 0.05) is 12.3 Å². The van der Waals surface area contributed by atoms with Gasteiger partial charge in [-0.3, -0.25) is 4.79 Å². The van der Waals surface area contributed by atoms with Crippen molar-refractivity contribution < 1.29 is 4.79 Å². The van der Waals surface area contributed by atoms with Gasteiger partial charge in [-0.15, -0.1) is 0 Å². The fraction of sp³-hybridized carbons (Fsp3) is 0.632. The second-order valence-corrected chi connectivity index (χ2v) is 6.67. The number of carbonyl (C=O) groups is 1. The van der Waals surface area contributed by atoms with Gasteiger partial charge in [0.1, 0.15) is 5.78 Å². The van der Waals surface area contributed by atoms with E-state index in [-0.39, 0.29) is 0 Å². The molecule has 0 unspecified atom stereocenters. The molecule has 2 rings (SSSR count). The summed E-state index contributed by atoms with van der Waals surface area (Å²) >= 11 is 0. The lowest BCUT2D eigenvalue weighted by atomic mass is 9.75. The molecule has 0 radical (unpaired) electrons. The molecule has 0 heterocycles. The van der Waals surface area contributed by atoms with Crippen molar-refractivity contribution in [2.75, 3.05) is 0 Å². The van der Waals surface area contributed by atoms with Crippen LogP contribution >= 0.6 is 0 Å². The molecule has 1 fully saturated rings. The molecule has 0 bridgehead atoms. The second-order valence-electron chi connectivity index (χ2n) is 6.67. The number of Topliss-reactive ketones (excluding diaryl/α,β-unsaturated/α-hetero) is 1. The SMILES string of the molecule is CCc1ccc(CC(=O)C2CCC(C(C)C)CC2)cc1. The highest BCUT2D eigenvalue weighted by atomic mass is 16.1. The summed E-state index contributed by atoms with van der Waals surface area (Å²) in [5.41, 5.74) is 2.52. The zero-order chi connectivity index (χ0) is 14.5. The molecular formula is C19H28O. The molecule has 20 heavy (non-hydrogen) atoms. The van der Waals surface area contributed by atoms with Crippen molar-refractivity contribution in [1.29, 1.82) is 0 Å². The second kappa shape index (κ2) is 7.06. The van der Waals surface area contributed by atoms with E-state index in [0.717, 1.165) is 31.1 Å². The molecule has 0 aromatic heterocycles. The van der Waals surface area contributed by atoms with Crippen molar-refractivity contribution in [2.45, 2.75) is 59.3 Å². The first-order chi connectivity index (χ1) is 9.60. The Morgan fingerprint density at radius 1 is 1.05 bits per heavy atom. The summed E-state index contributed by atoms with van der Waals surface area (Å²) in [4.78, 5) is 12.4. The molecule has 1 saturated carbocycles. The van der Waals surface area contributed by atoms with Gasteiger partial charge in [0.15, 0.2) is 0 Å². The van der Waals surface area contributed by atoms with Gasteiger partial charge in [0.2, 0.25) is 0 Å². The molecule has 0 aliphatic heterocycles. The lowest BCUT2D eigenvalue weighted by Gasteiger charge is -2.30. The molecule has 0 spiro atoms. The first-order valence-corrected chi connectivity index (χ1v) is 8.20. The predicted octanol–water partition coefficient (Wildman–Crippen LogP) is 4.82. The molecule has 1 aliphatic carbocycles. The van der Waals surface area contributed by atoms with Crippen LogP contribution in [0.5, 0.6) is 0 Å². The minimum Gasteiger partial charge on any atom is -0.299 e. The summed E-state index contributed by atoms with van der Waals surface area (Å²) in [7, 11) is 0. The normalized spacial score (nSPS) is 23.0. The Morgan fingerprint density at radius 3 is 2.10 bits per heavy atom. The Labute approximate surface area is 123 Å². The van der Waals surface area contributed by atoms with E-state index in [9.17, 15) is 4.79 Å². The predicted molar refractivity (Wildman–Crippen MR) is 84.8 cm³/mol. The van der Waals surface area contributed by atoms with Crippen LogP contribution in [0.15, 0.2) is 24.3 Å². The van der Waals surface area contributed by atoms with Crippen molar-refractivity contribution in [3.63, 3.8) is 0 Å². The monoisotopic (exact) mass is 272 g/mol. The molecule has 1 heteroatoms. The Kier molecular flexibility index (Phi) is 5.39. The van der Waals surface area contributed by atoms with E-state index in [2.05, 4.69) is 45.0 Å². The van der Waals surface area contributed by atoms with Gasteiger partial charge >= 0.3 is 0 Å². The smallest absolute Gasteiger partial charge is 0.140 e. The van der Waals surface area contributed by atoms with Crippen molar-refractivity contribution >= 4 is 5.78 Å². The van der Waals surface area contributed by atoms with Gasteiger partial charge in [-0.05, 0) is 55.1 Å². The molecule has 110 valence electrons. The van der Waals surface area contributed by atoms with Gasteiger partial charge < -0.3 is 0 Å². The third-order valence-electron chi connectivity index (χ3n) is 4.98. The molecular weight excluding hydrogens is 244 g/mol. The molecule has 1 aromatic rings. The topological polar surface area (TPSA) is 17.1 Å². The summed E-state index contributed by atoms with van der Waals surface area (Å²) in [6, 6.07) is 8.55. The van der Waals surface area contributed by atoms with Gasteiger partial charge in [-0.1, -0.05) is 45.0 Å². The van der Waals surface area contributed by atoms with Crippen LogP contribution in [0.25, 0.3) is 0 Å². The largest absolute Gasteiger partial charge is 0.299 e. The number of carbonyl (C=O) groups excluding carboxylic acids is 1. The van der Waals surface area contributed by atoms with E-state index in [1.165, 1.54) is 24.0 Å². The van der Waals surface area contributed by atoms with Crippen LogP contribution in [0, 0.1) is 17.8 Å². The molecule has 0 amide bonds. The number of aryl methyl sites for hydroxylation is 1. The summed E-state index contributed by atoms with van der Waals surface area (Å²) < 4.78 is 0. The Hall–Kier alpha value is -1.11. The first-order valence-electron chi connectivity index (χ1n) is 8.20. The van der Waals surface area contributed by atoms with Gasteiger partial charge in [-0.25, -0.2) is 0 Å². The average Bonchev–Trinajstić information content (AvgIpc) is 2.48. The molecule has 0 N–H and O–H groups in total. The number of benzene rings is 1. The van der Waals surface area contributed by atoms with E-state index in [0.29, 0.717) is 18.1 Å². The van der Waals surface area contributed by atoms with E-state index >= 15 is 0 Å². The Bertz CT molecular complexity index is 422. The zero-order valence-corrected chi connectivity index (χ0v) is 13.2. The fourth-order valence-electron chi connectivity index (χ4n) is 3.35. The molecule has 1 aromatic carbocycles. The minimum atomic E-state index is 0.316. The maximum atomic E-state index is 12.4. The average molecular weight is 272 g/mol. The van der Waals surface area contributed by atoms with Crippen LogP contribution in [0.2, 0.25) is 0 Å². The highest BCUT2D eigenvalue weighted by Crippen LogP contribution is 2.34. The van der Waals surface area contributed by atoms with Gasteiger partial charge in [0.25, 0.3) is 0 Å². The molecule has 0 saturated heterocycles. The molecule has 0 atom stereocenters. The molecule has 1 aliphatic rings. The number of rotatable bonds is 5. The first kappa shape index (κ1) is 15.3. The highest BCUT2D eigenvalue weighted by Gasteiger charge is 2.27. The van der Waals surface area contributed by atoms with Crippen LogP contribution in [-0.4, -0.2) is 5.78 Å². The minimum absolute atomic E-state index is 0.316. The Morgan fingerprint density at radius 2 is 1.60 bits per heavy atom. The number of hydrogen-bond donors (Lipinski definition) is 0. The summed E-state index contributed by atoms with van der Waals surface area (Å²) in [6.07, 6.45) is 6.38. The van der Waals surface area contributed by atoms with Gasteiger partial charge in [-0.2, -0.15) is 0 Å². The van der Waals surface area contributed by atoms with Gasteiger partial charge in [0.05, 0.1) is 0 Å². The van der Waals surface area contributed by atoms with Crippen LogP contribution in [-0.2, 0) is 17.6 Å². The van der Waals surface area contributed by atoms with E-state index in [1.54, 1.807) is 0 Å². The summed E-state index contributed by atoms with van der Waals surface area (Å²) in [5, 5.41) is 0. The zero-order valence-electron chi connectivity index (χ0n) is 13.2. The maximum absolute atomic E-state index is 12.4. The Balaban J connectivity index is 1.86. The quantitative estimate of drug-likeness (QED) is 0.751. The third-order valence-corrected chi connectivity index (χ3v) is 4.98. The van der Waals surface area contributed by atoms with Crippen LogP contribution < -0.4 is 0 Å². The lowest BCUT2D eigenvalue weighted by Crippen LogP contribution is -2.25. The summed E-state index contributed by atoms with van der Waals surface area (Å²) in [5.74, 6) is 2.38. The fourth-order valence-corrected chi connectivity index (χ4v) is 3.35. The van der Waals surface area contributed by atoms with Crippen LogP contribution in [0.3, 0.4) is 0 Å². The summed E-state index contributed by atoms with van der Waals surface area (Å²) in [6.45, 7) is 6.78.